The number of rotatable bonds is 4. The molecule has 2 N–H and O–H groups in total. The highest BCUT2D eigenvalue weighted by molar-refractivity contribution is 9.10. The fourth-order valence-electron chi connectivity index (χ4n) is 2.86. The Labute approximate surface area is 131 Å². The summed E-state index contributed by atoms with van der Waals surface area (Å²) in [6.45, 7) is 5.61. The molecule has 0 amide bonds. The average molecular weight is 340 g/mol. The lowest BCUT2D eigenvalue weighted by Crippen LogP contribution is -2.35. The van der Waals surface area contributed by atoms with Crippen molar-refractivity contribution < 1.29 is 0 Å². The van der Waals surface area contributed by atoms with Gasteiger partial charge in [-0.3, -0.25) is 0 Å². The first kappa shape index (κ1) is 15.8. The van der Waals surface area contributed by atoms with Gasteiger partial charge in [0.05, 0.1) is 0 Å². The van der Waals surface area contributed by atoms with Gasteiger partial charge in [0.1, 0.15) is 0 Å². The maximum atomic E-state index is 5.95. The molecule has 1 atom stereocenters. The number of benzene rings is 1. The molecule has 1 saturated heterocycles. The van der Waals surface area contributed by atoms with Gasteiger partial charge in [0.2, 0.25) is 0 Å². The molecular formula is C16H26BrN3. The monoisotopic (exact) mass is 339 g/mol. The Morgan fingerprint density at radius 3 is 2.60 bits per heavy atom. The molecule has 4 heteroatoms. The second kappa shape index (κ2) is 6.92. The highest BCUT2D eigenvalue weighted by atomic mass is 79.9. The predicted molar refractivity (Wildman–Crippen MR) is 90.2 cm³/mol. The van der Waals surface area contributed by atoms with E-state index in [1.165, 1.54) is 37.2 Å². The van der Waals surface area contributed by atoms with Gasteiger partial charge in [-0.15, -0.1) is 0 Å². The molecular weight excluding hydrogens is 314 g/mol. The average Bonchev–Trinajstić information content (AvgIpc) is 2.40. The summed E-state index contributed by atoms with van der Waals surface area (Å²) in [4.78, 5) is 4.79. The van der Waals surface area contributed by atoms with Crippen molar-refractivity contribution >= 4 is 21.6 Å². The van der Waals surface area contributed by atoms with Crippen molar-refractivity contribution in [3.05, 3.63) is 28.2 Å². The van der Waals surface area contributed by atoms with Crippen molar-refractivity contribution in [2.75, 3.05) is 38.6 Å². The summed E-state index contributed by atoms with van der Waals surface area (Å²) in [6.07, 6.45) is 2.61. The second-order valence-electron chi connectivity index (χ2n) is 6.12. The van der Waals surface area contributed by atoms with Crippen LogP contribution in [0.5, 0.6) is 0 Å². The lowest BCUT2D eigenvalue weighted by atomic mass is 9.96. The summed E-state index contributed by atoms with van der Waals surface area (Å²) in [5.74, 6) is 0.808. The minimum Gasteiger partial charge on any atom is -0.374 e. The maximum Gasteiger partial charge on any atom is 0.0375 e. The van der Waals surface area contributed by atoms with E-state index in [1.807, 2.05) is 6.92 Å². The van der Waals surface area contributed by atoms with Crippen molar-refractivity contribution in [2.24, 2.45) is 11.7 Å². The van der Waals surface area contributed by atoms with Crippen LogP contribution in [0, 0.1) is 5.92 Å². The summed E-state index contributed by atoms with van der Waals surface area (Å²) in [5.41, 5.74) is 8.39. The van der Waals surface area contributed by atoms with Gasteiger partial charge in [0, 0.05) is 29.8 Å². The zero-order valence-corrected chi connectivity index (χ0v) is 14.4. The minimum absolute atomic E-state index is 0.0672. The van der Waals surface area contributed by atoms with E-state index in [1.54, 1.807) is 0 Å². The van der Waals surface area contributed by atoms with Gasteiger partial charge in [-0.05, 0) is 63.5 Å². The molecule has 1 unspecified atom stereocenters. The number of hydrogen-bond donors (Lipinski definition) is 1. The molecule has 1 aliphatic rings. The van der Waals surface area contributed by atoms with E-state index in [2.05, 4.69) is 58.0 Å². The van der Waals surface area contributed by atoms with Gasteiger partial charge in [0.25, 0.3) is 0 Å². The molecule has 0 bridgehead atoms. The first-order valence-electron chi connectivity index (χ1n) is 7.42. The Bertz CT molecular complexity index is 439. The molecule has 1 aromatic rings. The van der Waals surface area contributed by atoms with Gasteiger partial charge in [0.15, 0.2) is 0 Å². The Morgan fingerprint density at radius 2 is 2.05 bits per heavy atom. The molecule has 0 radical (unpaired) electrons. The van der Waals surface area contributed by atoms with Crippen molar-refractivity contribution in [3.8, 4) is 0 Å². The molecule has 1 aliphatic heterocycles. The van der Waals surface area contributed by atoms with Crippen molar-refractivity contribution in [2.45, 2.75) is 25.8 Å². The van der Waals surface area contributed by atoms with E-state index < -0.39 is 0 Å². The summed E-state index contributed by atoms with van der Waals surface area (Å²) in [6, 6.07) is 6.57. The zero-order valence-electron chi connectivity index (χ0n) is 12.8. The number of halogens is 1. The van der Waals surface area contributed by atoms with Crippen molar-refractivity contribution in [1.82, 2.24) is 4.90 Å². The number of anilines is 1. The van der Waals surface area contributed by atoms with E-state index in [0.717, 1.165) is 16.9 Å². The third kappa shape index (κ3) is 3.96. The summed E-state index contributed by atoms with van der Waals surface area (Å²) in [7, 11) is 4.40. The number of likely N-dealkylation sites (tertiary alicyclic amines) is 1. The molecule has 3 nitrogen and oxygen atoms in total. The van der Waals surface area contributed by atoms with Gasteiger partial charge < -0.3 is 15.5 Å². The first-order valence-corrected chi connectivity index (χ1v) is 8.21. The molecule has 0 spiro atoms. The first-order chi connectivity index (χ1) is 9.47. The summed E-state index contributed by atoms with van der Waals surface area (Å²) < 4.78 is 1.11. The van der Waals surface area contributed by atoms with Crippen LogP contribution in [0.4, 0.5) is 5.69 Å². The van der Waals surface area contributed by atoms with Gasteiger partial charge in [-0.2, -0.15) is 0 Å². The number of nitrogens with two attached hydrogens (primary N) is 1. The smallest absolute Gasteiger partial charge is 0.0375 e. The van der Waals surface area contributed by atoms with E-state index in [0.29, 0.717) is 0 Å². The Kier molecular flexibility index (Phi) is 5.47. The van der Waals surface area contributed by atoms with Crippen LogP contribution >= 0.6 is 15.9 Å². The van der Waals surface area contributed by atoms with Crippen LogP contribution in [0.25, 0.3) is 0 Å². The molecule has 1 heterocycles. The summed E-state index contributed by atoms with van der Waals surface area (Å²) in [5, 5.41) is 0. The third-order valence-corrected chi connectivity index (χ3v) is 4.97. The Balaban J connectivity index is 1.98. The zero-order chi connectivity index (χ0) is 14.7. The number of piperidine rings is 1. The standard InChI is InChI=1S/C16H26BrN3/c1-12(18)15-5-4-14(10-16(15)17)20(3)11-13-6-8-19(2)9-7-13/h4-5,10,12-13H,6-9,11,18H2,1-3H3. The predicted octanol–water partition coefficient (Wildman–Crippen LogP) is 3.25. The van der Waals surface area contributed by atoms with E-state index >= 15 is 0 Å². The highest BCUT2D eigenvalue weighted by Crippen LogP contribution is 2.28. The van der Waals surface area contributed by atoms with Crippen LogP contribution in [0.1, 0.15) is 31.4 Å². The van der Waals surface area contributed by atoms with E-state index in [4.69, 9.17) is 5.73 Å². The molecule has 1 fully saturated rings. The van der Waals surface area contributed by atoms with Crippen LogP contribution in [0.2, 0.25) is 0 Å². The molecule has 112 valence electrons. The van der Waals surface area contributed by atoms with Gasteiger partial charge in [-0.25, -0.2) is 0 Å². The fourth-order valence-corrected chi connectivity index (χ4v) is 3.59. The van der Waals surface area contributed by atoms with Crippen LogP contribution in [-0.4, -0.2) is 38.6 Å². The topological polar surface area (TPSA) is 32.5 Å². The third-order valence-electron chi connectivity index (χ3n) is 4.29. The lowest BCUT2D eigenvalue weighted by Gasteiger charge is -2.32. The normalized spacial score (nSPS) is 19.1. The Hall–Kier alpha value is -0.580. The number of hydrogen-bond acceptors (Lipinski definition) is 3. The maximum absolute atomic E-state index is 5.95. The van der Waals surface area contributed by atoms with Crippen LogP contribution in [0.15, 0.2) is 22.7 Å². The van der Waals surface area contributed by atoms with Crippen LogP contribution in [-0.2, 0) is 0 Å². The molecule has 0 aromatic heterocycles. The second-order valence-corrected chi connectivity index (χ2v) is 6.98. The van der Waals surface area contributed by atoms with Crippen LogP contribution in [0.3, 0.4) is 0 Å². The molecule has 20 heavy (non-hydrogen) atoms. The molecule has 2 rings (SSSR count). The van der Waals surface area contributed by atoms with Crippen LogP contribution < -0.4 is 10.6 Å². The largest absolute Gasteiger partial charge is 0.374 e. The minimum atomic E-state index is 0.0672. The molecule has 0 saturated carbocycles. The van der Waals surface area contributed by atoms with Crippen molar-refractivity contribution in [1.29, 1.82) is 0 Å². The quantitative estimate of drug-likeness (QED) is 0.913. The van der Waals surface area contributed by atoms with Crippen molar-refractivity contribution in [3.63, 3.8) is 0 Å². The molecule has 0 aliphatic carbocycles. The van der Waals surface area contributed by atoms with Gasteiger partial charge >= 0.3 is 0 Å². The number of nitrogens with zero attached hydrogens (tertiary/aromatic N) is 2. The lowest BCUT2D eigenvalue weighted by molar-refractivity contribution is 0.222. The highest BCUT2D eigenvalue weighted by Gasteiger charge is 2.18. The Morgan fingerprint density at radius 1 is 1.40 bits per heavy atom. The van der Waals surface area contributed by atoms with Gasteiger partial charge in [-0.1, -0.05) is 22.0 Å². The van der Waals surface area contributed by atoms with E-state index in [9.17, 15) is 0 Å². The van der Waals surface area contributed by atoms with E-state index in [-0.39, 0.29) is 6.04 Å². The SMILES string of the molecule is CC(N)c1ccc(N(C)CC2CCN(C)CC2)cc1Br. The fraction of sp³-hybridized carbons (Fsp3) is 0.625. The molecule has 1 aromatic carbocycles. The summed E-state index contributed by atoms with van der Waals surface area (Å²) >= 11 is 3.64.